The van der Waals surface area contributed by atoms with Gasteiger partial charge in [-0.1, -0.05) is 41.9 Å². The number of aryl methyl sites for hydroxylation is 1. The van der Waals surface area contributed by atoms with Crippen molar-refractivity contribution in [3.05, 3.63) is 88.9 Å². The van der Waals surface area contributed by atoms with E-state index in [-0.39, 0.29) is 10.8 Å². The van der Waals surface area contributed by atoms with Crippen molar-refractivity contribution in [1.29, 1.82) is 0 Å². The van der Waals surface area contributed by atoms with Crippen LogP contribution in [0.4, 0.5) is 11.4 Å². The van der Waals surface area contributed by atoms with E-state index in [9.17, 15) is 18.0 Å². The minimum atomic E-state index is -4.04. The molecule has 0 fully saturated rings. The molecule has 10 heteroatoms. The number of hydrazone groups is 1. The van der Waals surface area contributed by atoms with Gasteiger partial charge in [0.25, 0.3) is 15.9 Å². The predicted molar refractivity (Wildman–Crippen MR) is 138 cm³/mol. The molecule has 0 aliphatic heterocycles. The standard InChI is InChI=1S/C25H25ClN4O4S/c1-17-15-21(26)11-14-24(17)30(35(33,34)23-7-5-4-6-8-23)16-25(32)29-28-18(2)20-9-12-22(13-10-20)27-19(3)31/h4-15H,16H2,1-3H3,(H,27,31)(H,29,32)/b28-18-. The molecule has 3 aromatic carbocycles. The van der Waals surface area contributed by atoms with E-state index in [2.05, 4.69) is 15.8 Å². The van der Waals surface area contributed by atoms with E-state index in [4.69, 9.17) is 11.6 Å². The van der Waals surface area contributed by atoms with Crippen LogP contribution >= 0.6 is 11.6 Å². The fourth-order valence-electron chi connectivity index (χ4n) is 3.29. The van der Waals surface area contributed by atoms with Gasteiger partial charge in [-0.2, -0.15) is 5.10 Å². The summed E-state index contributed by atoms with van der Waals surface area (Å²) in [5.74, 6) is -0.797. The molecule has 35 heavy (non-hydrogen) atoms. The molecule has 0 heterocycles. The second-order valence-corrected chi connectivity index (χ2v) is 10.0. The summed E-state index contributed by atoms with van der Waals surface area (Å²) in [4.78, 5) is 24.0. The third kappa shape index (κ3) is 6.68. The number of hydrogen-bond donors (Lipinski definition) is 2. The van der Waals surface area contributed by atoms with E-state index in [1.807, 2.05) is 0 Å². The van der Waals surface area contributed by atoms with E-state index in [1.165, 1.54) is 19.1 Å². The number of carbonyl (C=O) groups is 2. The Hall–Kier alpha value is -3.69. The Labute approximate surface area is 209 Å². The number of hydrogen-bond acceptors (Lipinski definition) is 5. The van der Waals surface area contributed by atoms with Crippen molar-refractivity contribution in [2.75, 3.05) is 16.2 Å². The summed E-state index contributed by atoms with van der Waals surface area (Å²) in [6, 6.07) is 19.6. The molecule has 0 aliphatic rings. The number of anilines is 2. The molecule has 0 saturated carbocycles. The number of sulfonamides is 1. The molecule has 2 N–H and O–H groups in total. The van der Waals surface area contributed by atoms with E-state index in [1.54, 1.807) is 74.5 Å². The number of halogens is 1. The first-order chi connectivity index (χ1) is 16.6. The van der Waals surface area contributed by atoms with Gasteiger partial charge in [0.1, 0.15) is 6.54 Å². The number of rotatable bonds is 8. The van der Waals surface area contributed by atoms with Crippen molar-refractivity contribution in [2.45, 2.75) is 25.7 Å². The minimum Gasteiger partial charge on any atom is -0.326 e. The highest BCUT2D eigenvalue weighted by Gasteiger charge is 2.28. The van der Waals surface area contributed by atoms with Gasteiger partial charge >= 0.3 is 0 Å². The van der Waals surface area contributed by atoms with Crippen LogP contribution in [0, 0.1) is 6.92 Å². The number of carbonyl (C=O) groups excluding carboxylic acids is 2. The fourth-order valence-corrected chi connectivity index (χ4v) is 5.03. The highest BCUT2D eigenvalue weighted by molar-refractivity contribution is 7.92. The van der Waals surface area contributed by atoms with Gasteiger partial charge in [0, 0.05) is 17.6 Å². The lowest BCUT2D eigenvalue weighted by Crippen LogP contribution is -2.40. The molecule has 0 aliphatic carbocycles. The van der Waals surface area contributed by atoms with Crippen LogP contribution in [0.5, 0.6) is 0 Å². The summed E-state index contributed by atoms with van der Waals surface area (Å²) in [5, 5.41) is 7.24. The van der Waals surface area contributed by atoms with Crippen LogP contribution in [0.25, 0.3) is 0 Å². The van der Waals surface area contributed by atoms with Crippen LogP contribution in [-0.2, 0) is 19.6 Å². The second kappa shape index (κ2) is 11.2. The van der Waals surface area contributed by atoms with Gasteiger partial charge in [-0.25, -0.2) is 13.8 Å². The molecule has 0 aromatic heterocycles. The maximum absolute atomic E-state index is 13.4. The third-order valence-corrected chi connectivity index (χ3v) is 7.03. The summed E-state index contributed by atoms with van der Waals surface area (Å²) in [6.07, 6.45) is 0. The van der Waals surface area contributed by atoms with Gasteiger partial charge in [0.2, 0.25) is 5.91 Å². The van der Waals surface area contributed by atoms with Crippen LogP contribution in [0.3, 0.4) is 0 Å². The van der Waals surface area contributed by atoms with Gasteiger partial charge < -0.3 is 5.32 Å². The van der Waals surface area contributed by atoms with Crippen LogP contribution in [0.15, 0.2) is 82.8 Å². The molecule has 3 rings (SSSR count). The molecule has 3 aromatic rings. The largest absolute Gasteiger partial charge is 0.326 e. The molecule has 0 unspecified atom stereocenters. The quantitative estimate of drug-likeness (QED) is 0.345. The SMILES string of the molecule is CC(=O)Nc1ccc(/C(C)=N\NC(=O)CN(c2ccc(Cl)cc2C)S(=O)(=O)c2ccccc2)cc1. The number of nitrogens with zero attached hydrogens (tertiary/aromatic N) is 2. The van der Waals surface area contributed by atoms with Crippen molar-refractivity contribution in [3.63, 3.8) is 0 Å². The molecular weight excluding hydrogens is 488 g/mol. The van der Waals surface area contributed by atoms with E-state index in [0.717, 1.165) is 9.87 Å². The Balaban J connectivity index is 1.83. The third-order valence-electron chi connectivity index (χ3n) is 5.02. The second-order valence-electron chi connectivity index (χ2n) is 7.75. The first-order valence-electron chi connectivity index (χ1n) is 10.6. The summed E-state index contributed by atoms with van der Waals surface area (Å²) in [6.45, 7) is 4.36. The monoisotopic (exact) mass is 512 g/mol. The van der Waals surface area contributed by atoms with Crippen LogP contribution in [0.1, 0.15) is 25.0 Å². The van der Waals surface area contributed by atoms with Gasteiger partial charge in [-0.05, 0) is 67.4 Å². The van der Waals surface area contributed by atoms with Crippen molar-refractivity contribution in [2.24, 2.45) is 5.10 Å². The summed E-state index contributed by atoms with van der Waals surface area (Å²) >= 11 is 6.05. The Morgan fingerprint density at radius 3 is 2.23 bits per heavy atom. The highest BCUT2D eigenvalue weighted by Crippen LogP contribution is 2.28. The lowest BCUT2D eigenvalue weighted by molar-refractivity contribution is -0.119. The first-order valence-corrected chi connectivity index (χ1v) is 12.4. The topological polar surface area (TPSA) is 108 Å². The lowest BCUT2D eigenvalue weighted by atomic mass is 10.1. The van der Waals surface area contributed by atoms with Crippen molar-refractivity contribution in [3.8, 4) is 0 Å². The zero-order valence-corrected chi connectivity index (χ0v) is 21.0. The molecular formula is C25H25ClN4O4S. The Morgan fingerprint density at radius 2 is 1.63 bits per heavy atom. The Kier molecular flexibility index (Phi) is 8.26. The van der Waals surface area contributed by atoms with Gasteiger partial charge in [0.05, 0.1) is 16.3 Å². The predicted octanol–water partition coefficient (Wildman–Crippen LogP) is 4.34. The van der Waals surface area contributed by atoms with Crippen LogP contribution < -0.4 is 15.0 Å². The molecule has 182 valence electrons. The normalized spacial score (nSPS) is 11.6. The smallest absolute Gasteiger partial charge is 0.264 e. The van der Waals surface area contributed by atoms with Gasteiger partial charge in [-0.15, -0.1) is 0 Å². The average molecular weight is 513 g/mol. The van der Waals surface area contributed by atoms with Crippen LogP contribution in [-0.4, -0.2) is 32.5 Å². The maximum Gasteiger partial charge on any atom is 0.264 e. The van der Waals surface area contributed by atoms with Gasteiger partial charge in [-0.3, -0.25) is 13.9 Å². The average Bonchev–Trinajstić information content (AvgIpc) is 2.82. The lowest BCUT2D eigenvalue weighted by Gasteiger charge is -2.25. The Bertz CT molecular complexity index is 1360. The summed E-state index contributed by atoms with van der Waals surface area (Å²) in [5.41, 5.74) is 5.23. The number of benzene rings is 3. The van der Waals surface area contributed by atoms with Crippen molar-refractivity contribution < 1.29 is 18.0 Å². The first kappa shape index (κ1) is 25.9. The minimum absolute atomic E-state index is 0.0566. The maximum atomic E-state index is 13.4. The Morgan fingerprint density at radius 1 is 0.971 bits per heavy atom. The fraction of sp³-hybridized carbons (Fsp3) is 0.160. The van der Waals surface area contributed by atoms with Gasteiger partial charge in [0.15, 0.2) is 0 Å². The number of amides is 2. The zero-order valence-electron chi connectivity index (χ0n) is 19.4. The molecule has 0 bridgehead atoms. The highest BCUT2D eigenvalue weighted by atomic mass is 35.5. The van der Waals surface area contributed by atoms with E-state index >= 15 is 0 Å². The molecule has 0 radical (unpaired) electrons. The molecule has 0 saturated heterocycles. The summed E-state index contributed by atoms with van der Waals surface area (Å²) < 4.78 is 27.9. The van der Waals surface area contributed by atoms with Crippen molar-refractivity contribution >= 4 is 50.5 Å². The molecule has 2 amide bonds. The summed E-state index contributed by atoms with van der Waals surface area (Å²) in [7, 11) is -4.04. The number of nitrogens with one attached hydrogen (secondary N) is 2. The van der Waals surface area contributed by atoms with Crippen LogP contribution in [0.2, 0.25) is 5.02 Å². The van der Waals surface area contributed by atoms with E-state index < -0.39 is 22.5 Å². The molecule has 8 nitrogen and oxygen atoms in total. The van der Waals surface area contributed by atoms with E-state index in [0.29, 0.717) is 27.7 Å². The molecule has 0 atom stereocenters. The van der Waals surface area contributed by atoms with Crippen molar-refractivity contribution in [1.82, 2.24) is 5.43 Å². The molecule has 0 spiro atoms. The zero-order chi connectivity index (χ0) is 25.6.